The Labute approximate surface area is 185 Å². The van der Waals surface area contributed by atoms with E-state index in [-0.39, 0.29) is 11.8 Å². The van der Waals surface area contributed by atoms with Gasteiger partial charge in [0.1, 0.15) is 6.04 Å². The van der Waals surface area contributed by atoms with Gasteiger partial charge in [-0.1, -0.05) is 80.9 Å². The molecule has 0 saturated carbocycles. The van der Waals surface area contributed by atoms with E-state index in [4.69, 9.17) is 11.6 Å². The molecule has 2 rings (SSSR count). The van der Waals surface area contributed by atoms with Gasteiger partial charge in [-0.05, 0) is 42.4 Å². The number of amides is 2. The summed E-state index contributed by atoms with van der Waals surface area (Å²) < 4.78 is 0. The van der Waals surface area contributed by atoms with Crippen LogP contribution in [0.4, 0.5) is 0 Å². The minimum Gasteiger partial charge on any atom is -0.354 e. The van der Waals surface area contributed by atoms with Gasteiger partial charge in [0.2, 0.25) is 11.8 Å². The zero-order valence-corrected chi connectivity index (χ0v) is 19.0. The third-order valence-electron chi connectivity index (χ3n) is 5.12. The second-order valence-corrected chi connectivity index (χ2v) is 8.38. The molecule has 5 heteroatoms. The van der Waals surface area contributed by atoms with Crippen LogP contribution in [0.3, 0.4) is 0 Å². The maximum Gasteiger partial charge on any atom is 0.242 e. The van der Waals surface area contributed by atoms with E-state index in [1.165, 1.54) is 0 Å². The first kappa shape index (κ1) is 23.9. The number of carbonyl (C=O) groups is 2. The molecule has 0 saturated heterocycles. The number of halogens is 1. The molecular weight excluding hydrogens is 396 g/mol. The van der Waals surface area contributed by atoms with Crippen molar-refractivity contribution in [3.63, 3.8) is 0 Å². The summed E-state index contributed by atoms with van der Waals surface area (Å²) in [5, 5.41) is 3.66. The monoisotopic (exact) mass is 428 g/mol. The molecule has 2 aromatic rings. The first-order valence-electron chi connectivity index (χ1n) is 10.8. The molecule has 0 spiro atoms. The lowest BCUT2D eigenvalue weighted by Crippen LogP contribution is -2.50. The minimum absolute atomic E-state index is 0.0163. The Balaban J connectivity index is 2.12. The summed E-state index contributed by atoms with van der Waals surface area (Å²) in [7, 11) is 0. The fraction of sp³-hybridized carbons (Fsp3) is 0.440. The highest BCUT2D eigenvalue weighted by atomic mass is 35.5. The summed E-state index contributed by atoms with van der Waals surface area (Å²) in [6.45, 7) is 7.19. The highest BCUT2D eigenvalue weighted by Crippen LogP contribution is 2.18. The largest absolute Gasteiger partial charge is 0.354 e. The van der Waals surface area contributed by atoms with Gasteiger partial charge in [0, 0.05) is 24.5 Å². The van der Waals surface area contributed by atoms with Gasteiger partial charge < -0.3 is 10.2 Å². The van der Waals surface area contributed by atoms with Crippen LogP contribution >= 0.6 is 11.6 Å². The molecule has 30 heavy (non-hydrogen) atoms. The van der Waals surface area contributed by atoms with Crippen molar-refractivity contribution in [2.45, 2.75) is 52.5 Å². The molecule has 1 N–H and O–H groups in total. The van der Waals surface area contributed by atoms with Crippen molar-refractivity contribution in [3.05, 3.63) is 70.7 Å². The third kappa shape index (κ3) is 7.49. The lowest BCUT2D eigenvalue weighted by atomic mass is 10.1. The first-order chi connectivity index (χ1) is 14.4. The molecule has 162 valence electrons. The van der Waals surface area contributed by atoms with Crippen LogP contribution in [0.1, 0.15) is 44.7 Å². The second-order valence-electron chi connectivity index (χ2n) is 7.98. The number of hydrogen-bond donors (Lipinski definition) is 1. The topological polar surface area (TPSA) is 49.4 Å². The Hall–Kier alpha value is -2.33. The van der Waals surface area contributed by atoms with Crippen molar-refractivity contribution in [2.24, 2.45) is 5.92 Å². The molecule has 1 atom stereocenters. The van der Waals surface area contributed by atoms with E-state index in [1.807, 2.05) is 61.5 Å². The van der Waals surface area contributed by atoms with Crippen LogP contribution in [0.5, 0.6) is 0 Å². The number of carbonyl (C=O) groups excluding carboxylic acids is 2. The maximum absolute atomic E-state index is 13.2. The highest BCUT2D eigenvalue weighted by molar-refractivity contribution is 6.31. The quantitative estimate of drug-likeness (QED) is 0.553. The van der Waals surface area contributed by atoms with Crippen molar-refractivity contribution in [1.29, 1.82) is 0 Å². The van der Waals surface area contributed by atoms with Gasteiger partial charge in [-0.3, -0.25) is 9.59 Å². The van der Waals surface area contributed by atoms with Crippen LogP contribution in [0.2, 0.25) is 5.02 Å². The Morgan fingerprint density at radius 1 is 1.00 bits per heavy atom. The summed E-state index contributed by atoms with van der Waals surface area (Å²) in [5.41, 5.74) is 2.10. The zero-order chi connectivity index (χ0) is 21.9. The third-order valence-corrected chi connectivity index (χ3v) is 5.49. The second kappa shape index (κ2) is 12.4. The van der Waals surface area contributed by atoms with Crippen molar-refractivity contribution in [2.75, 3.05) is 13.1 Å². The van der Waals surface area contributed by atoms with Gasteiger partial charge in [-0.15, -0.1) is 0 Å². The lowest BCUT2D eigenvalue weighted by Gasteiger charge is -2.31. The standard InChI is InChI=1S/C25H33ClN2O2/c1-4-23(25(30)27-18-19(2)3)28(17-16-20-10-6-5-7-11-20)24(29)15-14-21-12-8-9-13-22(21)26/h5-13,19,23H,4,14-18H2,1-3H3,(H,27,30)/t23-/m0/s1. The summed E-state index contributed by atoms with van der Waals surface area (Å²) >= 11 is 6.25. The Morgan fingerprint density at radius 2 is 1.67 bits per heavy atom. The predicted molar refractivity (Wildman–Crippen MR) is 124 cm³/mol. The van der Waals surface area contributed by atoms with E-state index in [1.54, 1.807) is 4.90 Å². The van der Waals surface area contributed by atoms with E-state index in [2.05, 4.69) is 19.2 Å². The molecule has 2 amide bonds. The van der Waals surface area contributed by atoms with Crippen LogP contribution < -0.4 is 5.32 Å². The highest BCUT2D eigenvalue weighted by Gasteiger charge is 2.28. The fourth-order valence-corrected chi connectivity index (χ4v) is 3.64. The van der Waals surface area contributed by atoms with Gasteiger partial charge in [0.15, 0.2) is 0 Å². The number of benzene rings is 2. The Morgan fingerprint density at radius 3 is 2.30 bits per heavy atom. The first-order valence-corrected chi connectivity index (χ1v) is 11.1. The van der Waals surface area contributed by atoms with Crippen molar-refractivity contribution < 1.29 is 9.59 Å². The molecule has 0 radical (unpaired) electrons. The molecule has 0 aliphatic rings. The smallest absolute Gasteiger partial charge is 0.242 e. The van der Waals surface area contributed by atoms with E-state index >= 15 is 0 Å². The van der Waals surface area contributed by atoms with Crippen LogP contribution in [0.15, 0.2) is 54.6 Å². The summed E-state index contributed by atoms with van der Waals surface area (Å²) in [6, 6.07) is 17.2. The maximum atomic E-state index is 13.2. The van der Waals surface area contributed by atoms with Crippen LogP contribution in [0.25, 0.3) is 0 Å². The lowest BCUT2D eigenvalue weighted by molar-refractivity contribution is -0.140. The van der Waals surface area contributed by atoms with Crippen molar-refractivity contribution in [3.8, 4) is 0 Å². The average molecular weight is 429 g/mol. The molecule has 0 bridgehead atoms. The molecule has 0 heterocycles. The normalized spacial score (nSPS) is 11.9. The molecule has 4 nitrogen and oxygen atoms in total. The van der Waals surface area contributed by atoms with Crippen LogP contribution in [-0.2, 0) is 22.4 Å². The number of hydrogen-bond acceptors (Lipinski definition) is 2. The van der Waals surface area contributed by atoms with Crippen molar-refractivity contribution in [1.82, 2.24) is 10.2 Å². The Bertz CT molecular complexity index is 808. The fourth-order valence-electron chi connectivity index (χ4n) is 3.40. The molecule has 0 aliphatic carbocycles. The van der Waals surface area contributed by atoms with Crippen LogP contribution in [-0.4, -0.2) is 35.8 Å². The molecule has 0 aromatic heterocycles. The SMILES string of the molecule is CC[C@@H](C(=O)NCC(C)C)N(CCc1ccccc1)C(=O)CCc1ccccc1Cl. The molecule has 2 aromatic carbocycles. The van der Waals surface area contributed by atoms with E-state index in [9.17, 15) is 9.59 Å². The van der Waals surface area contributed by atoms with E-state index < -0.39 is 6.04 Å². The molecule has 0 aliphatic heterocycles. The predicted octanol–water partition coefficient (Wildman–Crippen LogP) is 4.89. The summed E-state index contributed by atoms with van der Waals surface area (Å²) in [6.07, 6.45) is 2.18. The number of rotatable bonds is 11. The summed E-state index contributed by atoms with van der Waals surface area (Å²) in [5.74, 6) is 0.267. The van der Waals surface area contributed by atoms with Crippen LogP contribution in [0, 0.1) is 5.92 Å². The number of nitrogens with zero attached hydrogens (tertiary/aromatic N) is 1. The zero-order valence-electron chi connectivity index (χ0n) is 18.2. The van der Waals surface area contributed by atoms with Gasteiger partial charge in [-0.2, -0.15) is 0 Å². The van der Waals surface area contributed by atoms with Gasteiger partial charge >= 0.3 is 0 Å². The minimum atomic E-state index is -0.466. The average Bonchev–Trinajstić information content (AvgIpc) is 2.75. The molecule has 0 unspecified atom stereocenters. The number of aryl methyl sites for hydroxylation is 1. The van der Waals surface area contributed by atoms with Gasteiger partial charge in [-0.25, -0.2) is 0 Å². The summed E-state index contributed by atoms with van der Waals surface area (Å²) in [4.78, 5) is 27.8. The van der Waals surface area contributed by atoms with Crippen molar-refractivity contribution >= 4 is 23.4 Å². The Kier molecular flexibility index (Phi) is 9.88. The van der Waals surface area contributed by atoms with Gasteiger partial charge in [0.05, 0.1) is 0 Å². The molecule has 0 fully saturated rings. The van der Waals surface area contributed by atoms with E-state index in [0.29, 0.717) is 49.7 Å². The number of nitrogens with one attached hydrogen (secondary N) is 1. The van der Waals surface area contributed by atoms with Gasteiger partial charge in [0.25, 0.3) is 0 Å². The van der Waals surface area contributed by atoms with E-state index in [0.717, 1.165) is 11.1 Å². The molecular formula is C25H33ClN2O2.